The molecular weight excluding hydrogens is 410 g/mol. The zero-order chi connectivity index (χ0) is 20.4. The summed E-state index contributed by atoms with van der Waals surface area (Å²) in [6.45, 7) is 0.783. The fraction of sp³-hybridized carbons (Fsp3) is 0.143. The van der Waals surface area contributed by atoms with Crippen LogP contribution in [0.25, 0.3) is 26.3 Å². The summed E-state index contributed by atoms with van der Waals surface area (Å²) in [6.07, 6.45) is 1.53. The van der Waals surface area contributed by atoms with Crippen molar-refractivity contribution >= 4 is 33.2 Å². The first kappa shape index (κ1) is 19.4. The third-order valence-corrected chi connectivity index (χ3v) is 5.78. The maximum atomic E-state index is 13.1. The van der Waals surface area contributed by atoms with Gasteiger partial charge in [-0.2, -0.15) is 0 Å². The molecule has 148 valence electrons. The minimum atomic E-state index is -0.141. The minimum absolute atomic E-state index is 0.141. The number of nitrogens with two attached hydrogens (primary N) is 1. The van der Waals surface area contributed by atoms with Crippen LogP contribution in [0.1, 0.15) is 0 Å². The number of hydrogen-bond donors (Lipinski definition) is 1. The van der Waals surface area contributed by atoms with Crippen molar-refractivity contribution in [3.63, 3.8) is 0 Å². The van der Waals surface area contributed by atoms with Crippen molar-refractivity contribution in [1.82, 2.24) is 9.55 Å². The Bertz CT molecular complexity index is 1220. The summed E-state index contributed by atoms with van der Waals surface area (Å²) < 4.78 is 13.0. The first-order valence-corrected chi connectivity index (χ1v) is 10.1. The molecule has 2 heterocycles. The number of halogens is 1. The van der Waals surface area contributed by atoms with Gasteiger partial charge >= 0.3 is 0 Å². The number of benzene rings is 2. The molecule has 4 aromatic rings. The van der Waals surface area contributed by atoms with Gasteiger partial charge in [-0.15, -0.1) is 11.3 Å². The molecule has 0 amide bonds. The zero-order valence-corrected chi connectivity index (χ0v) is 17.2. The van der Waals surface area contributed by atoms with Crippen molar-refractivity contribution < 1.29 is 9.47 Å². The van der Waals surface area contributed by atoms with Crippen LogP contribution in [0.5, 0.6) is 11.5 Å². The van der Waals surface area contributed by atoms with E-state index in [-0.39, 0.29) is 5.56 Å². The monoisotopic (exact) mass is 427 g/mol. The van der Waals surface area contributed by atoms with Gasteiger partial charge in [0.2, 0.25) is 0 Å². The Morgan fingerprint density at radius 2 is 1.93 bits per heavy atom. The molecule has 4 rings (SSSR count). The molecule has 2 N–H and O–H groups in total. The highest BCUT2D eigenvalue weighted by Crippen LogP contribution is 2.32. The van der Waals surface area contributed by atoms with E-state index in [0.717, 1.165) is 10.4 Å². The summed E-state index contributed by atoms with van der Waals surface area (Å²) in [5.74, 6) is 1.10. The summed E-state index contributed by atoms with van der Waals surface area (Å²) in [4.78, 5) is 18.5. The van der Waals surface area contributed by atoms with E-state index in [1.807, 2.05) is 30.3 Å². The van der Waals surface area contributed by atoms with Crippen LogP contribution < -0.4 is 20.8 Å². The van der Waals surface area contributed by atoms with Crippen molar-refractivity contribution in [1.29, 1.82) is 0 Å². The van der Waals surface area contributed by atoms with E-state index in [1.165, 1.54) is 22.2 Å². The van der Waals surface area contributed by atoms with Gasteiger partial charge in [0, 0.05) is 22.5 Å². The Balaban J connectivity index is 1.76. The maximum absolute atomic E-state index is 13.1. The van der Waals surface area contributed by atoms with Gasteiger partial charge in [0.05, 0.1) is 18.3 Å². The van der Waals surface area contributed by atoms with Crippen molar-refractivity contribution in [3.8, 4) is 27.6 Å². The molecule has 29 heavy (non-hydrogen) atoms. The summed E-state index contributed by atoms with van der Waals surface area (Å²) in [7, 11) is 1.55. The molecule has 0 bridgehead atoms. The van der Waals surface area contributed by atoms with Crippen molar-refractivity contribution in [2.75, 3.05) is 20.3 Å². The van der Waals surface area contributed by atoms with Gasteiger partial charge in [-0.05, 0) is 35.9 Å². The highest BCUT2D eigenvalue weighted by molar-refractivity contribution is 7.22. The number of methoxy groups -OCH3 is 1. The third kappa shape index (κ3) is 3.85. The topological polar surface area (TPSA) is 79.4 Å². The predicted molar refractivity (Wildman–Crippen MR) is 117 cm³/mol. The number of ether oxygens (including phenoxy) is 2. The average Bonchev–Trinajstić information content (AvgIpc) is 3.18. The molecule has 0 aliphatic rings. The van der Waals surface area contributed by atoms with Crippen molar-refractivity contribution in [2.45, 2.75) is 0 Å². The molecule has 0 saturated heterocycles. The van der Waals surface area contributed by atoms with Gasteiger partial charge in [-0.1, -0.05) is 23.7 Å². The van der Waals surface area contributed by atoms with Crippen LogP contribution in [-0.2, 0) is 0 Å². The lowest BCUT2D eigenvalue weighted by Crippen LogP contribution is -2.18. The normalized spacial score (nSPS) is 11.0. The van der Waals surface area contributed by atoms with E-state index in [1.54, 1.807) is 25.3 Å². The van der Waals surface area contributed by atoms with E-state index in [0.29, 0.717) is 45.6 Å². The number of rotatable bonds is 6. The van der Waals surface area contributed by atoms with E-state index < -0.39 is 0 Å². The van der Waals surface area contributed by atoms with E-state index in [2.05, 4.69) is 4.98 Å². The fourth-order valence-corrected chi connectivity index (χ4v) is 4.12. The lowest BCUT2D eigenvalue weighted by atomic mass is 10.2. The lowest BCUT2D eigenvalue weighted by Gasteiger charge is -2.12. The van der Waals surface area contributed by atoms with Crippen LogP contribution in [-0.4, -0.2) is 29.8 Å². The molecule has 0 aliphatic carbocycles. The molecule has 8 heteroatoms. The molecule has 0 aliphatic heterocycles. The first-order chi connectivity index (χ1) is 14.1. The second-order valence-electron chi connectivity index (χ2n) is 6.22. The number of fused-ring (bicyclic) bond motifs is 1. The smallest absolute Gasteiger partial charge is 0.275 e. The van der Waals surface area contributed by atoms with Gasteiger partial charge in [0.25, 0.3) is 5.56 Å². The molecule has 0 unspecified atom stereocenters. The Kier molecular flexibility index (Phi) is 5.53. The Hall–Kier alpha value is -2.87. The van der Waals surface area contributed by atoms with Crippen LogP contribution in [0.15, 0.2) is 59.7 Å². The largest absolute Gasteiger partial charge is 0.493 e. The highest BCUT2D eigenvalue weighted by atomic mass is 35.5. The van der Waals surface area contributed by atoms with E-state index >= 15 is 0 Å². The average molecular weight is 428 g/mol. The number of nitrogens with zero attached hydrogens (tertiary/aromatic N) is 2. The molecule has 0 saturated carbocycles. The Morgan fingerprint density at radius 1 is 1.14 bits per heavy atom. The third-order valence-electron chi connectivity index (χ3n) is 4.37. The first-order valence-electron chi connectivity index (χ1n) is 8.89. The molecule has 0 spiro atoms. The van der Waals surface area contributed by atoms with Crippen LogP contribution in [0.2, 0.25) is 5.02 Å². The number of hydrogen-bond acceptors (Lipinski definition) is 6. The van der Waals surface area contributed by atoms with Crippen LogP contribution >= 0.6 is 22.9 Å². The fourth-order valence-electron chi connectivity index (χ4n) is 2.95. The van der Waals surface area contributed by atoms with Crippen LogP contribution in [0.4, 0.5) is 0 Å². The summed E-state index contributed by atoms with van der Waals surface area (Å²) in [5, 5.41) is 0.670. The van der Waals surface area contributed by atoms with Crippen LogP contribution in [0, 0.1) is 0 Å². The van der Waals surface area contributed by atoms with Gasteiger partial charge < -0.3 is 15.2 Å². The summed E-state index contributed by atoms with van der Waals surface area (Å²) >= 11 is 7.38. The minimum Gasteiger partial charge on any atom is -0.493 e. The van der Waals surface area contributed by atoms with Crippen molar-refractivity contribution in [3.05, 3.63) is 70.2 Å². The maximum Gasteiger partial charge on any atom is 0.275 e. The van der Waals surface area contributed by atoms with Gasteiger partial charge in [0.1, 0.15) is 17.6 Å². The predicted octanol–water partition coefficient (Wildman–Crippen LogP) is 4.11. The molecule has 0 radical (unpaired) electrons. The van der Waals surface area contributed by atoms with Gasteiger partial charge in [0.15, 0.2) is 11.5 Å². The lowest BCUT2D eigenvalue weighted by molar-refractivity contribution is 0.302. The summed E-state index contributed by atoms with van der Waals surface area (Å²) in [5.41, 5.74) is 7.64. The Morgan fingerprint density at radius 3 is 2.66 bits per heavy atom. The quantitative estimate of drug-likeness (QED) is 0.500. The molecule has 2 aromatic heterocycles. The standard InChI is InChI=1S/C21H18ClN3O3S/c1-27-18-10-15(6-7-17(18)28-9-8-23)25-12-24-16-11-19(29-20(16)21(25)26)13-2-4-14(22)5-3-13/h2-7,10-12H,8-9,23H2,1H3. The number of aromatic nitrogens is 2. The molecule has 0 atom stereocenters. The van der Waals surface area contributed by atoms with Gasteiger partial charge in [-0.25, -0.2) is 4.98 Å². The zero-order valence-electron chi connectivity index (χ0n) is 15.6. The van der Waals surface area contributed by atoms with Gasteiger partial charge in [-0.3, -0.25) is 9.36 Å². The summed E-state index contributed by atoms with van der Waals surface area (Å²) in [6, 6.07) is 14.7. The molecular formula is C21H18ClN3O3S. The Labute approximate surface area is 176 Å². The van der Waals surface area contributed by atoms with E-state index in [4.69, 9.17) is 26.8 Å². The van der Waals surface area contributed by atoms with E-state index in [9.17, 15) is 4.79 Å². The highest BCUT2D eigenvalue weighted by Gasteiger charge is 2.13. The second-order valence-corrected chi connectivity index (χ2v) is 7.71. The number of thiophene rings is 1. The molecule has 6 nitrogen and oxygen atoms in total. The molecule has 0 fully saturated rings. The molecule has 2 aromatic carbocycles. The SMILES string of the molecule is COc1cc(-n2cnc3cc(-c4ccc(Cl)cc4)sc3c2=O)ccc1OCCN. The van der Waals surface area contributed by atoms with Crippen LogP contribution in [0.3, 0.4) is 0 Å². The van der Waals surface area contributed by atoms with Crippen molar-refractivity contribution in [2.24, 2.45) is 5.73 Å². The second kappa shape index (κ2) is 8.24.